The quantitative estimate of drug-likeness (QED) is 0.482. The molecule has 2 saturated heterocycles. The zero-order chi connectivity index (χ0) is 23.1. The van der Waals surface area contributed by atoms with E-state index in [0.717, 1.165) is 12.8 Å². The normalized spacial score (nSPS) is 26.1. The number of amides is 2. The van der Waals surface area contributed by atoms with Crippen LogP contribution in [0.3, 0.4) is 0 Å². The Labute approximate surface area is 183 Å². The van der Waals surface area contributed by atoms with Gasteiger partial charge in [-0.1, -0.05) is 0 Å². The molecule has 32 heavy (non-hydrogen) atoms. The maximum Gasteiger partial charge on any atom is 0.282 e. The number of nitrogens with zero attached hydrogens (tertiary/aromatic N) is 2. The summed E-state index contributed by atoms with van der Waals surface area (Å²) in [4.78, 5) is 30.2. The minimum absolute atomic E-state index is 0.0428. The molecule has 1 unspecified atom stereocenters. The van der Waals surface area contributed by atoms with E-state index >= 15 is 0 Å². The molecular formula is C19H25F2N5O5S. The lowest BCUT2D eigenvalue weighted by molar-refractivity contribution is -0.119. The Morgan fingerprint density at radius 3 is 2.62 bits per heavy atom. The monoisotopic (exact) mass is 473 g/mol. The van der Waals surface area contributed by atoms with Crippen LogP contribution in [0.4, 0.5) is 14.5 Å². The highest BCUT2D eigenvalue weighted by atomic mass is 32.2. The molecule has 0 radical (unpaired) electrons. The molecule has 0 bridgehead atoms. The molecule has 3 fully saturated rings. The number of hydrogen-bond donors (Lipinski definition) is 3. The predicted molar refractivity (Wildman–Crippen MR) is 110 cm³/mol. The Bertz CT molecular complexity index is 1020. The van der Waals surface area contributed by atoms with Crippen molar-refractivity contribution in [2.45, 2.75) is 37.1 Å². The molecular weight excluding hydrogens is 448 g/mol. The number of primary amides is 1. The van der Waals surface area contributed by atoms with E-state index in [1.807, 2.05) is 0 Å². The fourth-order valence-corrected chi connectivity index (χ4v) is 5.48. The molecule has 1 saturated carbocycles. The third-order valence-corrected chi connectivity index (χ3v) is 7.27. The average Bonchev–Trinajstić information content (AvgIpc) is 3.47. The molecule has 2 amide bonds. The van der Waals surface area contributed by atoms with Crippen molar-refractivity contribution in [2.75, 3.05) is 36.9 Å². The van der Waals surface area contributed by atoms with Crippen molar-refractivity contribution in [3.8, 4) is 5.88 Å². The third kappa shape index (κ3) is 5.26. The van der Waals surface area contributed by atoms with Crippen LogP contribution in [0.25, 0.3) is 0 Å². The smallest absolute Gasteiger partial charge is 0.282 e. The third-order valence-electron chi connectivity index (χ3n) is 5.69. The number of nitrogens with one attached hydrogen (secondary N) is 2. The summed E-state index contributed by atoms with van der Waals surface area (Å²) in [6.45, 7) is -0.523. The van der Waals surface area contributed by atoms with Crippen LogP contribution in [-0.4, -0.2) is 68.7 Å². The van der Waals surface area contributed by atoms with Gasteiger partial charge in [-0.15, -0.1) is 0 Å². The number of anilines is 1. The van der Waals surface area contributed by atoms with Crippen LogP contribution in [0.2, 0.25) is 0 Å². The topological polar surface area (TPSA) is 144 Å². The lowest BCUT2D eigenvalue weighted by Gasteiger charge is -2.40. The molecule has 4 rings (SSSR count). The van der Waals surface area contributed by atoms with Gasteiger partial charge in [0.05, 0.1) is 37.4 Å². The Balaban J connectivity index is 1.56. The second-order valence-corrected chi connectivity index (χ2v) is 10.6. The Morgan fingerprint density at radius 1 is 1.31 bits per heavy atom. The first-order valence-electron chi connectivity index (χ1n) is 10.3. The predicted octanol–water partition coefficient (Wildman–Crippen LogP) is -0.00720. The first-order chi connectivity index (χ1) is 15.0. The summed E-state index contributed by atoms with van der Waals surface area (Å²) in [7, 11) is -3.70. The van der Waals surface area contributed by atoms with Crippen LogP contribution in [0.5, 0.6) is 5.88 Å². The van der Waals surface area contributed by atoms with Gasteiger partial charge >= 0.3 is 0 Å². The molecule has 1 atom stereocenters. The molecule has 1 aliphatic carbocycles. The highest BCUT2D eigenvalue weighted by Crippen LogP contribution is 2.38. The Morgan fingerprint density at radius 2 is 2.03 bits per heavy atom. The van der Waals surface area contributed by atoms with Crippen molar-refractivity contribution in [1.82, 2.24) is 15.0 Å². The Kier molecular flexibility index (Phi) is 5.74. The largest absolute Gasteiger partial charge is 0.476 e. The van der Waals surface area contributed by atoms with Crippen molar-refractivity contribution in [1.29, 1.82) is 0 Å². The minimum Gasteiger partial charge on any atom is -0.476 e. The summed E-state index contributed by atoms with van der Waals surface area (Å²) in [5.41, 5.74) is 4.21. The number of nitrogens with two attached hydrogens (primary N) is 1. The number of alkyl halides is 2. The van der Waals surface area contributed by atoms with E-state index in [-0.39, 0.29) is 31.0 Å². The van der Waals surface area contributed by atoms with E-state index in [0.29, 0.717) is 18.2 Å². The van der Waals surface area contributed by atoms with Crippen molar-refractivity contribution < 1.29 is 31.5 Å². The number of halogens is 2. The highest BCUT2D eigenvalue weighted by molar-refractivity contribution is 7.89. The first-order valence-corrected chi connectivity index (χ1v) is 12.0. The van der Waals surface area contributed by atoms with E-state index in [2.05, 4.69) is 15.0 Å². The molecule has 2 aliphatic heterocycles. The Hall–Kier alpha value is -2.54. The molecule has 176 valence electrons. The summed E-state index contributed by atoms with van der Waals surface area (Å²) >= 11 is 0. The first kappa shape index (κ1) is 22.6. The SMILES string of the molecule is NC(=O)CC1(NC(=O)c2ccc(N3CC(F)(F)C3)c(OCC3CC3)n2)CCNS(=O)(=O)C1. The van der Waals surface area contributed by atoms with Crippen LogP contribution >= 0.6 is 0 Å². The molecule has 13 heteroatoms. The molecule has 1 aromatic rings. The maximum atomic E-state index is 13.3. The summed E-state index contributed by atoms with van der Waals surface area (Å²) in [5.74, 6) is -4.30. The van der Waals surface area contributed by atoms with Crippen molar-refractivity contribution in [3.05, 3.63) is 17.8 Å². The summed E-state index contributed by atoms with van der Waals surface area (Å²) in [6, 6.07) is 2.85. The lowest BCUT2D eigenvalue weighted by Crippen LogP contribution is -2.61. The molecule has 3 heterocycles. The molecule has 3 aliphatic rings. The van der Waals surface area contributed by atoms with Crippen molar-refractivity contribution >= 4 is 27.5 Å². The van der Waals surface area contributed by atoms with Gasteiger partial charge in [0.15, 0.2) is 0 Å². The molecule has 4 N–H and O–H groups in total. The zero-order valence-corrected chi connectivity index (χ0v) is 18.1. The fraction of sp³-hybridized carbons (Fsp3) is 0.632. The molecule has 10 nitrogen and oxygen atoms in total. The van der Waals surface area contributed by atoms with E-state index in [1.165, 1.54) is 17.0 Å². The van der Waals surface area contributed by atoms with Gasteiger partial charge in [-0.2, -0.15) is 0 Å². The summed E-state index contributed by atoms with van der Waals surface area (Å²) in [5, 5.41) is 2.62. The van der Waals surface area contributed by atoms with Gasteiger partial charge in [-0.05, 0) is 37.3 Å². The average molecular weight is 474 g/mol. The molecule has 1 aromatic heterocycles. The number of aromatic nitrogens is 1. The van der Waals surface area contributed by atoms with Gasteiger partial charge < -0.3 is 20.7 Å². The number of hydrogen-bond acceptors (Lipinski definition) is 7. The van der Waals surface area contributed by atoms with E-state index < -0.39 is 52.1 Å². The number of rotatable bonds is 8. The second-order valence-electron chi connectivity index (χ2n) is 8.77. The van der Waals surface area contributed by atoms with Crippen LogP contribution < -0.4 is 25.4 Å². The second kappa shape index (κ2) is 8.10. The summed E-state index contributed by atoms with van der Waals surface area (Å²) in [6.07, 6.45) is 1.84. The van der Waals surface area contributed by atoms with Crippen LogP contribution in [0.1, 0.15) is 36.2 Å². The standard InChI is InChI=1S/C19H25F2N5O5S/c20-19(21)9-26(10-19)14-4-3-13(24-17(14)31-8-12-1-2-12)16(28)25-18(7-15(22)27)5-6-23-32(29,30)11-18/h3-4,12,23H,1-2,5-11H2,(H2,22,27)(H,25,28). The van der Waals surface area contributed by atoms with Crippen molar-refractivity contribution in [3.63, 3.8) is 0 Å². The number of carbonyl (C=O) groups is 2. The van der Waals surface area contributed by atoms with Crippen LogP contribution in [-0.2, 0) is 14.8 Å². The lowest BCUT2D eigenvalue weighted by atomic mass is 9.92. The van der Waals surface area contributed by atoms with Gasteiger partial charge in [-0.25, -0.2) is 26.9 Å². The fourth-order valence-electron chi connectivity index (χ4n) is 3.92. The molecule has 0 aromatic carbocycles. The van der Waals surface area contributed by atoms with E-state index in [1.54, 1.807) is 0 Å². The maximum absolute atomic E-state index is 13.3. The van der Waals surface area contributed by atoms with Gasteiger partial charge in [0.2, 0.25) is 21.8 Å². The van der Waals surface area contributed by atoms with Crippen LogP contribution in [0.15, 0.2) is 12.1 Å². The number of pyridine rings is 1. The minimum atomic E-state index is -3.70. The van der Waals surface area contributed by atoms with Crippen molar-refractivity contribution in [2.24, 2.45) is 11.7 Å². The van der Waals surface area contributed by atoms with Gasteiger partial charge in [0, 0.05) is 6.54 Å². The van der Waals surface area contributed by atoms with E-state index in [9.17, 15) is 26.8 Å². The van der Waals surface area contributed by atoms with Gasteiger partial charge in [-0.3, -0.25) is 9.59 Å². The number of ether oxygens (including phenoxy) is 1. The highest BCUT2D eigenvalue weighted by Gasteiger charge is 2.45. The molecule has 0 spiro atoms. The number of sulfonamides is 1. The number of carbonyl (C=O) groups excluding carboxylic acids is 2. The van der Waals surface area contributed by atoms with Gasteiger partial charge in [0.1, 0.15) is 11.4 Å². The zero-order valence-electron chi connectivity index (χ0n) is 17.3. The van der Waals surface area contributed by atoms with Gasteiger partial charge in [0.25, 0.3) is 11.8 Å². The van der Waals surface area contributed by atoms with E-state index in [4.69, 9.17) is 10.5 Å². The summed E-state index contributed by atoms with van der Waals surface area (Å²) < 4.78 is 58.9. The van der Waals surface area contributed by atoms with Crippen LogP contribution in [0, 0.1) is 5.92 Å².